The number of carbonyl (C=O) groups excluding carboxylic acids is 1. The zero-order valence-electron chi connectivity index (χ0n) is 14.1. The van der Waals surface area contributed by atoms with E-state index in [4.69, 9.17) is 10.00 Å². The SMILES string of the molecule is C[C@H](Oc1ccc(C#N)cc1)C(=O)Nc1nc(-c2ccc(F)c(F)c2)cs1. The number of carbonyl (C=O) groups is 1. The quantitative estimate of drug-likeness (QED) is 0.708. The van der Waals surface area contributed by atoms with Crippen LogP contribution in [0.3, 0.4) is 0 Å². The summed E-state index contributed by atoms with van der Waals surface area (Å²) in [5, 5.41) is 13.3. The van der Waals surface area contributed by atoms with Gasteiger partial charge in [-0.2, -0.15) is 5.26 Å². The first kappa shape index (κ1) is 18.5. The average molecular weight is 385 g/mol. The number of anilines is 1. The van der Waals surface area contributed by atoms with Crippen molar-refractivity contribution >= 4 is 22.4 Å². The third-order valence-corrected chi connectivity index (χ3v) is 4.37. The second-order valence-electron chi connectivity index (χ2n) is 5.55. The maximum absolute atomic E-state index is 13.3. The highest BCUT2D eigenvalue weighted by Gasteiger charge is 2.17. The van der Waals surface area contributed by atoms with E-state index in [1.807, 2.05) is 6.07 Å². The van der Waals surface area contributed by atoms with Crippen LogP contribution < -0.4 is 10.1 Å². The van der Waals surface area contributed by atoms with Crippen LogP contribution in [0.1, 0.15) is 12.5 Å². The van der Waals surface area contributed by atoms with E-state index in [0.717, 1.165) is 23.5 Å². The minimum absolute atomic E-state index is 0.315. The van der Waals surface area contributed by atoms with Crippen molar-refractivity contribution in [1.82, 2.24) is 4.98 Å². The smallest absolute Gasteiger partial charge is 0.266 e. The first-order valence-corrected chi connectivity index (χ1v) is 8.73. The Morgan fingerprint density at radius 2 is 1.96 bits per heavy atom. The highest BCUT2D eigenvalue weighted by atomic mass is 32.1. The van der Waals surface area contributed by atoms with E-state index in [-0.39, 0.29) is 0 Å². The highest BCUT2D eigenvalue weighted by Crippen LogP contribution is 2.26. The predicted octanol–water partition coefficient (Wildman–Crippen LogP) is 4.37. The normalized spacial score (nSPS) is 11.5. The molecule has 0 spiro atoms. The number of nitriles is 1. The van der Waals surface area contributed by atoms with Gasteiger partial charge in [-0.3, -0.25) is 10.1 Å². The summed E-state index contributed by atoms with van der Waals surface area (Å²) >= 11 is 1.16. The maximum Gasteiger partial charge on any atom is 0.266 e. The van der Waals surface area contributed by atoms with Gasteiger partial charge in [-0.05, 0) is 49.4 Å². The van der Waals surface area contributed by atoms with E-state index in [9.17, 15) is 13.6 Å². The molecule has 1 aromatic heterocycles. The van der Waals surface area contributed by atoms with Gasteiger partial charge >= 0.3 is 0 Å². The summed E-state index contributed by atoms with van der Waals surface area (Å²) in [6.45, 7) is 1.58. The topological polar surface area (TPSA) is 75.0 Å². The van der Waals surface area contributed by atoms with Crippen molar-refractivity contribution in [1.29, 1.82) is 5.26 Å². The predicted molar refractivity (Wildman–Crippen MR) is 97.3 cm³/mol. The van der Waals surface area contributed by atoms with Crippen molar-refractivity contribution in [3.63, 3.8) is 0 Å². The Balaban J connectivity index is 1.64. The van der Waals surface area contributed by atoms with Gasteiger partial charge in [0.15, 0.2) is 22.9 Å². The van der Waals surface area contributed by atoms with Gasteiger partial charge in [-0.1, -0.05) is 0 Å². The number of benzene rings is 2. The van der Waals surface area contributed by atoms with Crippen molar-refractivity contribution in [2.24, 2.45) is 0 Å². The van der Waals surface area contributed by atoms with Crippen molar-refractivity contribution < 1.29 is 18.3 Å². The monoisotopic (exact) mass is 385 g/mol. The molecule has 1 heterocycles. The van der Waals surface area contributed by atoms with E-state index in [0.29, 0.717) is 27.7 Å². The zero-order valence-corrected chi connectivity index (χ0v) is 14.9. The summed E-state index contributed by atoms with van der Waals surface area (Å²) < 4.78 is 31.9. The Bertz CT molecular complexity index is 1010. The van der Waals surface area contributed by atoms with Gasteiger partial charge in [0, 0.05) is 10.9 Å². The number of rotatable bonds is 5. The number of hydrogen-bond donors (Lipinski definition) is 1. The highest BCUT2D eigenvalue weighted by molar-refractivity contribution is 7.14. The minimum Gasteiger partial charge on any atom is -0.481 e. The lowest BCUT2D eigenvalue weighted by Crippen LogP contribution is -2.30. The Morgan fingerprint density at radius 3 is 2.63 bits per heavy atom. The lowest BCUT2D eigenvalue weighted by molar-refractivity contribution is -0.122. The van der Waals surface area contributed by atoms with E-state index in [1.165, 1.54) is 6.07 Å². The lowest BCUT2D eigenvalue weighted by Gasteiger charge is -2.13. The number of amides is 1. The molecule has 0 aliphatic rings. The largest absolute Gasteiger partial charge is 0.481 e. The number of thiazole rings is 1. The summed E-state index contributed by atoms with van der Waals surface area (Å²) in [5.74, 6) is -1.85. The second kappa shape index (κ2) is 7.93. The number of aromatic nitrogens is 1. The molecule has 0 aliphatic carbocycles. The summed E-state index contributed by atoms with van der Waals surface area (Å²) in [6, 6.07) is 11.9. The van der Waals surface area contributed by atoms with Crippen LogP contribution in [-0.2, 0) is 4.79 Å². The molecule has 0 fully saturated rings. The first-order valence-electron chi connectivity index (χ1n) is 7.85. The molecular weight excluding hydrogens is 372 g/mol. The summed E-state index contributed by atoms with van der Waals surface area (Å²) in [7, 11) is 0. The van der Waals surface area contributed by atoms with Crippen LogP contribution in [0.2, 0.25) is 0 Å². The second-order valence-corrected chi connectivity index (χ2v) is 6.41. The minimum atomic E-state index is -0.962. The Labute approximate surface area is 157 Å². The number of ether oxygens (including phenoxy) is 1. The van der Waals surface area contributed by atoms with Gasteiger partial charge in [-0.15, -0.1) is 11.3 Å². The number of nitrogens with zero attached hydrogens (tertiary/aromatic N) is 2. The van der Waals surface area contributed by atoms with Crippen LogP contribution in [0.4, 0.5) is 13.9 Å². The third kappa shape index (κ3) is 4.46. The molecule has 3 aromatic rings. The van der Waals surface area contributed by atoms with Gasteiger partial charge < -0.3 is 4.74 Å². The molecule has 27 heavy (non-hydrogen) atoms. The molecular formula is C19H13F2N3O2S. The Hall–Kier alpha value is -3.31. The maximum atomic E-state index is 13.3. The molecule has 8 heteroatoms. The Morgan fingerprint density at radius 1 is 1.22 bits per heavy atom. The molecule has 3 rings (SSSR count). The molecule has 0 saturated heterocycles. The van der Waals surface area contributed by atoms with Gasteiger partial charge in [0.25, 0.3) is 5.91 Å². The van der Waals surface area contributed by atoms with Crippen LogP contribution in [0.25, 0.3) is 11.3 Å². The molecule has 0 radical (unpaired) electrons. The van der Waals surface area contributed by atoms with Crippen LogP contribution >= 0.6 is 11.3 Å². The standard InChI is InChI=1S/C19H13F2N3O2S/c1-11(26-14-5-2-12(9-22)3-6-14)18(25)24-19-23-17(10-27-19)13-4-7-15(20)16(21)8-13/h2-8,10-11H,1H3,(H,23,24,25)/t11-/m0/s1. The molecule has 1 atom stereocenters. The molecule has 0 bridgehead atoms. The molecule has 2 aromatic carbocycles. The van der Waals surface area contributed by atoms with Crippen molar-refractivity contribution in [3.05, 3.63) is 65.0 Å². The number of nitrogens with one attached hydrogen (secondary N) is 1. The van der Waals surface area contributed by atoms with Crippen LogP contribution in [0, 0.1) is 23.0 Å². The Kier molecular flexibility index (Phi) is 5.43. The van der Waals surface area contributed by atoms with Gasteiger partial charge in [0.1, 0.15) is 5.75 Å². The van der Waals surface area contributed by atoms with Crippen molar-refractivity contribution in [3.8, 4) is 23.1 Å². The van der Waals surface area contributed by atoms with Crippen molar-refractivity contribution in [2.75, 3.05) is 5.32 Å². The molecule has 0 unspecified atom stereocenters. The van der Waals surface area contributed by atoms with E-state index in [2.05, 4.69) is 10.3 Å². The van der Waals surface area contributed by atoms with Gasteiger partial charge in [0.2, 0.25) is 0 Å². The fourth-order valence-electron chi connectivity index (χ4n) is 2.19. The van der Waals surface area contributed by atoms with E-state index >= 15 is 0 Å². The lowest BCUT2D eigenvalue weighted by atomic mass is 10.2. The fraction of sp³-hybridized carbons (Fsp3) is 0.105. The summed E-state index contributed by atoms with van der Waals surface area (Å²) in [6.07, 6.45) is -0.798. The summed E-state index contributed by atoms with van der Waals surface area (Å²) in [4.78, 5) is 16.5. The summed E-state index contributed by atoms with van der Waals surface area (Å²) in [5.41, 5.74) is 1.33. The molecule has 136 valence electrons. The average Bonchev–Trinajstić information content (AvgIpc) is 3.13. The number of halogens is 2. The van der Waals surface area contributed by atoms with Crippen LogP contribution in [0.15, 0.2) is 47.8 Å². The van der Waals surface area contributed by atoms with Crippen LogP contribution in [0.5, 0.6) is 5.75 Å². The molecule has 1 amide bonds. The molecule has 0 aliphatic heterocycles. The molecule has 1 N–H and O–H groups in total. The van der Waals surface area contributed by atoms with E-state index in [1.54, 1.807) is 36.6 Å². The zero-order chi connectivity index (χ0) is 19.4. The van der Waals surface area contributed by atoms with Crippen molar-refractivity contribution in [2.45, 2.75) is 13.0 Å². The van der Waals surface area contributed by atoms with Crippen LogP contribution in [-0.4, -0.2) is 17.0 Å². The third-order valence-electron chi connectivity index (χ3n) is 3.62. The molecule has 5 nitrogen and oxygen atoms in total. The fourth-order valence-corrected chi connectivity index (χ4v) is 2.91. The van der Waals surface area contributed by atoms with Gasteiger partial charge in [-0.25, -0.2) is 13.8 Å². The first-order chi connectivity index (χ1) is 13.0. The van der Waals surface area contributed by atoms with Gasteiger partial charge in [0.05, 0.1) is 17.3 Å². The van der Waals surface area contributed by atoms with E-state index < -0.39 is 23.6 Å². The number of hydrogen-bond acceptors (Lipinski definition) is 5. The molecule has 0 saturated carbocycles.